The van der Waals surface area contributed by atoms with Crippen molar-refractivity contribution in [3.05, 3.63) is 53.8 Å². The van der Waals surface area contributed by atoms with E-state index in [1.54, 1.807) is 24.3 Å². The first-order valence-corrected chi connectivity index (χ1v) is 14.2. The summed E-state index contributed by atoms with van der Waals surface area (Å²) >= 11 is 3.18. The maximum atomic E-state index is 13.6. The highest BCUT2D eigenvalue weighted by atomic mass is 127. The summed E-state index contributed by atoms with van der Waals surface area (Å²) in [6.07, 6.45) is -0.921. The van der Waals surface area contributed by atoms with Crippen molar-refractivity contribution in [2.75, 3.05) is 17.3 Å². The maximum absolute atomic E-state index is 13.6. The Kier molecular flexibility index (Phi) is 7.56. The number of hydrogen-bond acceptors (Lipinski definition) is 7. The van der Waals surface area contributed by atoms with E-state index in [1.807, 2.05) is 4.72 Å². The van der Waals surface area contributed by atoms with Gasteiger partial charge in [0.25, 0.3) is 10.0 Å². The van der Waals surface area contributed by atoms with E-state index < -0.39 is 29.7 Å². The van der Waals surface area contributed by atoms with Gasteiger partial charge in [0, 0.05) is 15.2 Å². The SMILES string of the molecule is N#Cc1ccc(OP(=O)(O)CNS(=O)(=O)c2cc3cc(OCCI)ccc3s2)cc1F. The van der Waals surface area contributed by atoms with E-state index in [0.29, 0.717) is 22.4 Å². The third kappa shape index (κ3) is 6.15. The van der Waals surface area contributed by atoms with E-state index in [1.165, 1.54) is 6.07 Å². The molecule has 164 valence electrons. The molecule has 1 heterocycles. The average molecular weight is 596 g/mol. The van der Waals surface area contributed by atoms with Gasteiger partial charge in [-0.2, -0.15) is 9.98 Å². The molecule has 0 fully saturated rings. The number of benzene rings is 2. The average Bonchev–Trinajstić information content (AvgIpc) is 3.15. The van der Waals surface area contributed by atoms with Crippen molar-refractivity contribution in [3.63, 3.8) is 0 Å². The van der Waals surface area contributed by atoms with Gasteiger partial charge in [0.1, 0.15) is 33.9 Å². The highest BCUT2D eigenvalue weighted by molar-refractivity contribution is 14.1. The molecule has 0 saturated heterocycles. The summed E-state index contributed by atoms with van der Waals surface area (Å²) in [4.78, 5) is 9.96. The van der Waals surface area contributed by atoms with Crippen molar-refractivity contribution in [2.45, 2.75) is 4.21 Å². The molecule has 1 aromatic heterocycles. The molecular formula is C18H15FIN2O6PS2. The van der Waals surface area contributed by atoms with Gasteiger partial charge in [0.15, 0.2) is 0 Å². The van der Waals surface area contributed by atoms with Crippen LogP contribution in [0.4, 0.5) is 4.39 Å². The van der Waals surface area contributed by atoms with E-state index in [2.05, 4.69) is 22.6 Å². The van der Waals surface area contributed by atoms with Crippen LogP contribution < -0.4 is 14.0 Å². The van der Waals surface area contributed by atoms with Crippen LogP contribution in [0.2, 0.25) is 0 Å². The highest BCUT2D eigenvalue weighted by Crippen LogP contribution is 2.42. The molecule has 2 aromatic carbocycles. The molecule has 0 amide bonds. The van der Waals surface area contributed by atoms with Crippen molar-refractivity contribution in [2.24, 2.45) is 0 Å². The Hall–Kier alpha value is -1.75. The lowest BCUT2D eigenvalue weighted by Gasteiger charge is -2.14. The number of rotatable bonds is 9. The van der Waals surface area contributed by atoms with Crippen LogP contribution in [0.15, 0.2) is 46.7 Å². The molecule has 0 radical (unpaired) electrons. The number of sulfonamides is 1. The van der Waals surface area contributed by atoms with E-state index in [4.69, 9.17) is 14.5 Å². The standard InChI is InChI=1S/C18H15FIN2O6PS2/c19-16-9-15(2-1-12(16)10-21)28-29(23,24)11-22-31(25,26)18-8-13-7-14(27-6-5-20)3-4-17(13)30-18/h1-4,7-9,22H,5-6,11H2,(H,23,24). The summed E-state index contributed by atoms with van der Waals surface area (Å²) in [5.41, 5.74) is -0.256. The molecule has 1 unspecified atom stereocenters. The van der Waals surface area contributed by atoms with Gasteiger partial charge in [-0.15, -0.1) is 11.3 Å². The maximum Gasteiger partial charge on any atom is 0.391 e. The molecule has 3 rings (SSSR count). The Balaban J connectivity index is 1.72. The minimum Gasteiger partial charge on any atom is -0.493 e. The van der Waals surface area contributed by atoms with Crippen LogP contribution in [0.5, 0.6) is 11.5 Å². The van der Waals surface area contributed by atoms with Crippen molar-refractivity contribution >= 4 is 61.6 Å². The minimum atomic E-state index is -4.49. The second-order valence-corrected chi connectivity index (χ2v) is 12.0. The molecular weight excluding hydrogens is 581 g/mol. The Labute approximate surface area is 195 Å². The Morgan fingerprint density at radius 2 is 1.97 bits per heavy atom. The van der Waals surface area contributed by atoms with Gasteiger partial charge in [0.2, 0.25) is 0 Å². The van der Waals surface area contributed by atoms with Crippen molar-refractivity contribution < 1.29 is 31.5 Å². The first-order valence-electron chi connectivity index (χ1n) is 8.56. The Morgan fingerprint density at radius 3 is 2.65 bits per heavy atom. The van der Waals surface area contributed by atoms with E-state index >= 15 is 0 Å². The third-order valence-electron chi connectivity index (χ3n) is 3.84. The lowest BCUT2D eigenvalue weighted by molar-refractivity contribution is 0.347. The number of ether oxygens (including phenoxy) is 1. The predicted octanol–water partition coefficient (Wildman–Crippen LogP) is 4.23. The zero-order valence-electron chi connectivity index (χ0n) is 15.6. The summed E-state index contributed by atoms with van der Waals surface area (Å²) in [5.74, 6) is -0.614. The number of thiophene rings is 1. The predicted molar refractivity (Wildman–Crippen MR) is 123 cm³/mol. The van der Waals surface area contributed by atoms with Gasteiger partial charge in [-0.1, -0.05) is 22.6 Å². The highest BCUT2D eigenvalue weighted by Gasteiger charge is 2.27. The second-order valence-electron chi connectivity index (χ2n) is 6.09. The lowest BCUT2D eigenvalue weighted by Crippen LogP contribution is -2.25. The number of alkyl halides is 1. The molecule has 31 heavy (non-hydrogen) atoms. The van der Waals surface area contributed by atoms with Crippen LogP contribution >= 0.6 is 41.5 Å². The fourth-order valence-electron chi connectivity index (χ4n) is 2.45. The summed E-state index contributed by atoms with van der Waals surface area (Å²) in [6, 6.07) is 11.3. The zero-order chi connectivity index (χ0) is 22.6. The zero-order valence-corrected chi connectivity index (χ0v) is 20.3. The molecule has 0 spiro atoms. The monoisotopic (exact) mass is 596 g/mol. The molecule has 2 N–H and O–H groups in total. The summed E-state index contributed by atoms with van der Waals surface area (Å²) < 4.78 is 64.9. The summed E-state index contributed by atoms with van der Waals surface area (Å²) in [6.45, 7) is 0.526. The Morgan fingerprint density at radius 1 is 1.23 bits per heavy atom. The number of nitrogens with one attached hydrogen (secondary N) is 1. The molecule has 0 aliphatic carbocycles. The first-order chi connectivity index (χ1) is 14.6. The van der Waals surface area contributed by atoms with E-state index in [9.17, 15) is 22.3 Å². The number of fused-ring (bicyclic) bond motifs is 1. The third-order valence-corrected chi connectivity index (χ3v) is 8.54. The second kappa shape index (κ2) is 9.81. The molecule has 0 bridgehead atoms. The van der Waals surface area contributed by atoms with Gasteiger partial charge in [0.05, 0.1) is 12.2 Å². The van der Waals surface area contributed by atoms with Gasteiger partial charge >= 0.3 is 7.60 Å². The smallest absolute Gasteiger partial charge is 0.391 e. The van der Waals surface area contributed by atoms with Crippen LogP contribution in [0.1, 0.15) is 5.56 Å². The van der Waals surface area contributed by atoms with Crippen molar-refractivity contribution in [1.82, 2.24) is 4.72 Å². The van der Waals surface area contributed by atoms with Gasteiger partial charge < -0.3 is 14.2 Å². The van der Waals surface area contributed by atoms with Crippen molar-refractivity contribution in [1.29, 1.82) is 5.26 Å². The largest absolute Gasteiger partial charge is 0.493 e. The first kappa shape index (κ1) is 23.9. The minimum absolute atomic E-state index is 0.0436. The normalized spacial score (nSPS) is 13.5. The lowest BCUT2D eigenvalue weighted by atomic mass is 10.2. The number of hydrogen-bond donors (Lipinski definition) is 2. The Bertz CT molecular complexity index is 1310. The van der Waals surface area contributed by atoms with Gasteiger partial charge in [-0.25, -0.2) is 17.4 Å². The molecule has 13 heteroatoms. The van der Waals surface area contributed by atoms with E-state index in [-0.39, 0.29) is 15.5 Å². The molecule has 0 aliphatic rings. The van der Waals surface area contributed by atoms with Crippen LogP contribution in [-0.4, -0.2) is 30.6 Å². The number of nitriles is 1. The van der Waals surface area contributed by atoms with Crippen molar-refractivity contribution in [3.8, 4) is 17.6 Å². The van der Waals surface area contributed by atoms with Crippen LogP contribution in [-0.2, 0) is 14.6 Å². The van der Waals surface area contributed by atoms with Gasteiger partial charge in [-0.3, -0.25) is 0 Å². The molecule has 0 aliphatic heterocycles. The number of halogens is 2. The quantitative estimate of drug-likeness (QED) is 0.215. The molecule has 0 saturated carbocycles. The van der Waals surface area contributed by atoms with Crippen LogP contribution in [0, 0.1) is 17.1 Å². The number of nitrogens with zero attached hydrogens (tertiary/aromatic N) is 1. The van der Waals surface area contributed by atoms with Crippen LogP contribution in [0.25, 0.3) is 10.1 Å². The fourth-order valence-corrected chi connectivity index (χ4v) is 6.60. The topological polar surface area (TPSA) is 126 Å². The fraction of sp³-hybridized carbons (Fsp3) is 0.167. The molecule has 3 aromatic rings. The van der Waals surface area contributed by atoms with Gasteiger partial charge in [-0.05, 0) is 41.8 Å². The molecule has 1 atom stereocenters. The summed E-state index contributed by atoms with van der Waals surface area (Å²) in [5, 5.41) is 9.37. The van der Waals surface area contributed by atoms with Crippen LogP contribution in [0.3, 0.4) is 0 Å². The summed E-state index contributed by atoms with van der Waals surface area (Å²) in [7, 11) is -8.58. The molecule has 8 nitrogen and oxygen atoms in total. The van der Waals surface area contributed by atoms with E-state index in [0.717, 1.165) is 34.0 Å².